The number of carbonyl (C=O) groups excluding carboxylic acids is 4. The van der Waals surface area contributed by atoms with Gasteiger partial charge in [0, 0.05) is 12.7 Å². The number of benzene rings is 2. The fourth-order valence-corrected chi connectivity index (χ4v) is 3.01. The number of ether oxygens (including phenoxy) is 1. The van der Waals surface area contributed by atoms with Crippen LogP contribution in [-0.4, -0.2) is 55.3 Å². The van der Waals surface area contributed by atoms with Crippen molar-refractivity contribution in [2.75, 3.05) is 37.0 Å². The second-order valence-corrected chi connectivity index (χ2v) is 6.50. The van der Waals surface area contributed by atoms with Gasteiger partial charge in [-0.1, -0.05) is 12.1 Å². The van der Waals surface area contributed by atoms with Crippen molar-refractivity contribution in [2.45, 2.75) is 6.92 Å². The van der Waals surface area contributed by atoms with Gasteiger partial charge in [-0.15, -0.1) is 0 Å². The van der Waals surface area contributed by atoms with Gasteiger partial charge in [-0.05, 0) is 43.3 Å². The smallest absolute Gasteiger partial charge is 0.338 e. The Morgan fingerprint density at radius 1 is 1.07 bits per heavy atom. The maximum Gasteiger partial charge on any atom is 0.338 e. The van der Waals surface area contributed by atoms with Gasteiger partial charge in [0.25, 0.3) is 5.91 Å². The number of carbonyl (C=O) groups is 4. The van der Waals surface area contributed by atoms with Crippen LogP contribution in [0.5, 0.6) is 0 Å². The molecule has 2 aromatic rings. The number of anilines is 2. The molecule has 1 heterocycles. The topological polar surface area (TPSA) is 96.0 Å². The molecule has 8 heteroatoms. The molecular formula is C21H21N3O5. The molecule has 29 heavy (non-hydrogen) atoms. The monoisotopic (exact) mass is 395 g/mol. The summed E-state index contributed by atoms with van der Waals surface area (Å²) >= 11 is 0. The van der Waals surface area contributed by atoms with Crippen molar-refractivity contribution in [3.63, 3.8) is 0 Å². The SMILES string of the molecule is CCOC(=O)c1ccc(NC(=O)CN2C(=O)CN(C)C(=O)c3ccccc32)cc1. The normalized spacial score (nSPS) is 13.6. The van der Waals surface area contributed by atoms with Crippen LogP contribution < -0.4 is 10.2 Å². The highest BCUT2D eigenvalue weighted by Crippen LogP contribution is 2.25. The summed E-state index contributed by atoms with van der Waals surface area (Å²) < 4.78 is 4.92. The van der Waals surface area contributed by atoms with E-state index in [1.54, 1.807) is 62.5 Å². The Morgan fingerprint density at radius 2 is 1.76 bits per heavy atom. The minimum absolute atomic E-state index is 0.116. The van der Waals surface area contributed by atoms with Crippen LogP contribution in [0.15, 0.2) is 48.5 Å². The molecule has 1 N–H and O–H groups in total. The first-order valence-corrected chi connectivity index (χ1v) is 9.12. The summed E-state index contributed by atoms with van der Waals surface area (Å²) in [5.74, 6) is -1.48. The number of esters is 1. The average Bonchev–Trinajstić information content (AvgIpc) is 2.79. The second-order valence-electron chi connectivity index (χ2n) is 6.50. The highest BCUT2D eigenvalue weighted by atomic mass is 16.5. The molecule has 0 saturated heterocycles. The molecule has 150 valence electrons. The Labute approximate surface area is 168 Å². The molecule has 3 rings (SSSR count). The number of likely N-dealkylation sites (N-methyl/N-ethyl adjacent to an activating group) is 1. The van der Waals surface area contributed by atoms with Gasteiger partial charge in [-0.25, -0.2) is 4.79 Å². The van der Waals surface area contributed by atoms with E-state index in [1.807, 2.05) is 0 Å². The van der Waals surface area contributed by atoms with E-state index in [9.17, 15) is 19.2 Å². The summed E-state index contributed by atoms with van der Waals surface area (Å²) in [6.07, 6.45) is 0. The third kappa shape index (κ3) is 4.43. The van der Waals surface area contributed by atoms with Crippen LogP contribution in [-0.2, 0) is 14.3 Å². The minimum Gasteiger partial charge on any atom is -0.462 e. The summed E-state index contributed by atoms with van der Waals surface area (Å²) in [7, 11) is 1.55. The highest BCUT2D eigenvalue weighted by molar-refractivity contribution is 6.12. The molecule has 0 fully saturated rings. The van der Waals surface area contributed by atoms with Crippen molar-refractivity contribution in [1.82, 2.24) is 4.90 Å². The van der Waals surface area contributed by atoms with E-state index in [0.29, 0.717) is 22.5 Å². The number of hydrogen-bond donors (Lipinski definition) is 1. The van der Waals surface area contributed by atoms with Crippen LogP contribution in [0.3, 0.4) is 0 Å². The Morgan fingerprint density at radius 3 is 2.45 bits per heavy atom. The predicted molar refractivity (Wildman–Crippen MR) is 107 cm³/mol. The molecule has 0 aromatic heterocycles. The van der Waals surface area contributed by atoms with Crippen molar-refractivity contribution < 1.29 is 23.9 Å². The van der Waals surface area contributed by atoms with Crippen LogP contribution in [0.2, 0.25) is 0 Å². The van der Waals surface area contributed by atoms with E-state index in [0.717, 1.165) is 0 Å². The lowest BCUT2D eigenvalue weighted by Crippen LogP contribution is -2.41. The van der Waals surface area contributed by atoms with E-state index in [-0.39, 0.29) is 31.5 Å². The van der Waals surface area contributed by atoms with E-state index in [2.05, 4.69) is 5.32 Å². The molecular weight excluding hydrogens is 374 g/mol. The molecule has 1 aliphatic heterocycles. The van der Waals surface area contributed by atoms with Crippen molar-refractivity contribution >= 4 is 35.1 Å². The highest BCUT2D eigenvalue weighted by Gasteiger charge is 2.30. The van der Waals surface area contributed by atoms with Gasteiger partial charge >= 0.3 is 5.97 Å². The van der Waals surface area contributed by atoms with Gasteiger partial charge in [0.1, 0.15) is 13.1 Å². The molecule has 2 aromatic carbocycles. The van der Waals surface area contributed by atoms with Crippen molar-refractivity contribution in [1.29, 1.82) is 0 Å². The fourth-order valence-electron chi connectivity index (χ4n) is 3.01. The lowest BCUT2D eigenvalue weighted by atomic mass is 10.1. The van der Waals surface area contributed by atoms with Gasteiger partial charge in [-0.2, -0.15) is 0 Å². The summed E-state index contributed by atoms with van der Waals surface area (Å²) in [6, 6.07) is 13.0. The van der Waals surface area contributed by atoms with Crippen LogP contribution in [0.25, 0.3) is 0 Å². The van der Waals surface area contributed by atoms with E-state index >= 15 is 0 Å². The predicted octanol–water partition coefficient (Wildman–Crippen LogP) is 1.92. The van der Waals surface area contributed by atoms with Gasteiger partial charge in [0.15, 0.2) is 0 Å². The molecule has 8 nitrogen and oxygen atoms in total. The number of para-hydroxylation sites is 1. The van der Waals surface area contributed by atoms with Crippen LogP contribution >= 0.6 is 0 Å². The fraction of sp³-hybridized carbons (Fsp3) is 0.238. The summed E-state index contributed by atoms with van der Waals surface area (Å²) in [5, 5.41) is 2.70. The van der Waals surface area contributed by atoms with E-state index in [4.69, 9.17) is 4.74 Å². The first kappa shape index (κ1) is 20.1. The Bertz CT molecular complexity index is 955. The number of rotatable bonds is 5. The Balaban J connectivity index is 1.74. The van der Waals surface area contributed by atoms with E-state index in [1.165, 1.54) is 9.80 Å². The number of hydrogen-bond acceptors (Lipinski definition) is 5. The number of nitrogens with one attached hydrogen (secondary N) is 1. The van der Waals surface area contributed by atoms with Crippen molar-refractivity contribution in [3.05, 3.63) is 59.7 Å². The molecule has 0 bridgehead atoms. The maximum atomic E-state index is 12.6. The van der Waals surface area contributed by atoms with Crippen LogP contribution in [0, 0.1) is 0 Å². The van der Waals surface area contributed by atoms with Crippen LogP contribution in [0.4, 0.5) is 11.4 Å². The van der Waals surface area contributed by atoms with Crippen LogP contribution in [0.1, 0.15) is 27.6 Å². The van der Waals surface area contributed by atoms with Crippen molar-refractivity contribution in [3.8, 4) is 0 Å². The van der Waals surface area contributed by atoms with Gasteiger partial charge in [0.2, 0.25) is 11.8 Å². The first-order valence-electron chi connectivity index (χ1n) is 9.12. The first-order chi connectivity index (χ1) is 13.9. The lowest BCUT2D eigenvalue weighted by Gasteiger charge is -2.21. The molecule has 0 spiro atoms. The zero-order valence-electron chi connectivity index (χ0n) is 16.2. The quantitative estimate of drug-likeness (QED) is 0.781. The number of fused-ring (bicyclic) bond motifs is 1. The third-order valence-corrected chi connectivity index (χ3v) is 4.43. The maximum absolute atomic E-state index is 12.6. The Hall–Kier alpha value is -3.68. The van der Waals surface area contributed by atoms with E-state index < -0.39 is 11.9 Å². The number of amides is 3. The largest absolute Gasteiger partial charge is 0.462 e. The summed E-state index contributed by atoms with van der Waals surface area (Å²) in [5.41, 5.74) is 1.63. The summed E-state index contributed by atoms with van der Waals surface area (Å²) in [4.78, 5) is 51.9. The van der Waals surface area contributed by atoms with Crippen molar-refractivity contribution in [2.24, 2.45) is 0 Å². The summed E-state index contributed by atoms with van der Waals surface area (Å²) in [6.45, 7) is 1.64. The molecule has 0 saturated carbocycles. The minimum atomic E-state index is -0.439. The average molecular weight is 395 g/mol. The molecule has 1 aliphatic rings. The standard InChI is InChI=1S/C21H21N3O5/c1-3-29-21(28)14-8-10-15(11-9-14)22-18(25)12-24-17-7-5-4-6-16(17)20(27)23(2)13-19(24)26/h4-11H,3,12-13H2,1-2H3,(H,22,25). The number of nitrogens with zero attached hydrogens (tertiary/aromatic N) is 2. The molecule has 0 radical (unpaired) electrons. The molecule has 3 amide bonds. The van der Waals surface area contributed by atoms with Gasteiger partial charge in [0.05, 0.1) is 23.4 Å². The molecule has 0 aliphatic carbocycles. The zero-order valence-corrected chi connectivity index (χ0v) is 16.2. The second kappa shape index (κ2) is 8.55. The van der Waals surface area contributed by atoms with Gasteiger partial charge < -0.3 is 19.9 Å². The van der Waals surface area contributed by atoms with Gasteiger partial charge in [-0.3, -0.25) is 14.4 Å². The Kier molecular flexibility index (Phi) is 5.92. The molecule has 0 atom stereocenters. The lowest BCUT2D eigenvalue weighted by molar-refractivity contribution is -0.121. The zero-order chi connectivity index (χ0) is 21.0. The molecule has 0 unspecified atom stereocenters. The third-order valence-electron chi connectivity index (χ3n) is 4.43.